The fourth-order valence-electron chi connectivity index (χ4n) is 1.52. The second kappa shape index (κ2) is 7.17. The first-order valence-corrected chi connectivity index (χ1v) is 7.64. The molecule has 0 aliphatic carbocycles. The minimum atomic E-state index is -1.04. The van der Waals surface area contributed by atoms with Crippen molar-refractivity contribution in [1.29, 1.82) is 0 Å². The van der Waals surface area contributed by atoms with E-state index in [-0.39, 0.29) is 5.76 Å². The number of hydrogen-bond acceptors (Lipinski definition) is 4. The minimum absolute atomic E-state index is 0.00712. The lowest BCUT2D eigenvalue weighted by Gasteiger charge is -2.13. The van der Waals surface area contributed by atoms with Gasteiger partial charge in [0.1, 0.15) is 0 Å². The van der Waals surface area contributed by atoms with Crippen molar-refractivity contribution in [3.05, 3.63) is 50.8 Å². The van der Waals surface area contributed by atoms with Gasteiger partial charge in [-0.3, -0.25) is 4.79 Å². The summed E-state index contributed by atoms with van der Waals surface area (Å²) in [5, 5.41) is 3.29. The maximum atomic E-state index is 12.0. The number of carbonyl (C=O) groups is 2. The van der Waals surface area contributed by atoms with Crippen LogP contribution in [-0.2, 0) is 9.53 Å². The Morgan fingerprint density at radius 3 is 2.64 bits per heavy atom. The van der Waals surface area contributed by atoms with E-state index in [1.54, 1.807) is 18.2 Å². The molecule has 5 nitrogen and oxygen atoms in total. The van der Waals surface area contributed by atoms with Crippen molar-refractivity contribution in [2.75, 3.05) is 5.32 Å². The quantitative estimate of drug-likeness (QED) is 0.757. The Kier molecular flexibility index (Phi) is 5.50. The van der Waals surface area contributed by atoms with E-state index >= 15 is 0 Å². The molecule has 2 aromatic rings. The summed E-state index contributed by atoms with van der Waals surface area (Å²) in [4.78, 5) is 23.8. The summed E-state index contributed by atoms with van der Waals surface area (Å²) in [5.74, 6) is -1.29. The van der Waals surface area contributed by atoms with E-state index in [9.17, 15) is 9.59 Å². The van der Waals surface area contributed by atoms with Crippen LogP contribution in [0.4, 0.5) is 5.69 Å². The zero-order valence-corrected chi connectivity index (χ0v) is 14.3. The van der Waals surface area contributed by atoms with E-state index in [0.717, 1.165) is 0 Å². The lowest BCUT2D eigenvalue weighted by atomic mass is 10.3. The van der Waals surface area contributed by atoms with Crippen LogP contribution in [-0.4, -0.2) is 18.0 Å². The molecule has 0 spiro atoms. The van der Waals surface area contributed by atoms with Gasteiger partial charge in [-0.2, -0.15) is 0 Å². The number of esters is 1. The maximum Gasteiger partial charge on any atom is 0.375 e. The fourth-order valence-corrected chi connectivity index (χ4v) is 2.17. The third kappa shape index (κ3) is 4.25. The van der Waals surface area contributed by atoms with Crippen molar-refractivity contribution in [1.82, 2.24) is 0 Å². The molecule has 1 heterocycles. The number of halogens is 3. The molecule has 22 heavy (non-hydrogen) atoms. The molecule has 0 unspecified atom stereocenters. The molecule has 0 saturated carbocycles. The zero-order valence-electron chi connectivity index (χ0n) is 11.2. The van der Waals surface area contributed by atoms with Crippen molar-refractivity contribution in [3.8, 4) is 0 Å². The standard InChI is InChI=1S/C14H10BrCl2NO4/c1-7(21-14(20)11-4-5-12(15)22-11)13(19)18-10-6-8(16)2-3-9(10)17/h2-7H,1H3,(H,18,19)/t7-/m1/s1. The number of hydrogen-bond donors (Lipinski definition) is 1. The van der Waals surface area contributed by atoms with Crippen molar-refractivity contribution in [2.45, 2.75) is 13.0 Å². The Morgan fingerprint density at radius 1 is 1.27 bits per heavy atom. The number of amides is 1. The molecule has 1 amide bonds. The van der Waals surface area contributed by atoms with Gasteiger partial charge in [0.25, 0.3) is 5.91 Å². The summed E-state index contributed by atoms with van der Waals surface area (Å²) < 4.78 is 10.5. The van der Waals surface area contributed by atoms with Crippen molar-refractivity contribution in [3.63, 3.8) is 0 Å². The van der Waals surface area contributed by atoms with Crippen LogP contribution in [0, 0.1) is 0 Å². The van der Waals surface area contributed by atoms with Crippen LogP contribution >= 0.6 is 39.1 Å². The molecule has 0 saturated heterocycles. The fraction of sp³-hybridized carbons (Fsp3) is 0.143. The van der Waals surface area contributed by atoms with Gasteiger partial charge in [0.2, 0.25) is 5.76 Å². The van der Waals surface area contributed by atoms with Gasteiger partial charge in [-0.15, -0.1) is 0 Å². The Labute approximate surface area is 144 Å². The number of rotatable bonds is 4. The summed E-state index contributed by atoms with van der Waals surface area (Å²) in [6, 6.07) is 7.63. The molecule has 0 aliphatic heterocycles. The first-order chi connectivity index (χ1) is 10.4. The minimum Gasteiger partial charge on any atom is -0.447 e. The summed E-state index contributed by atoms with van der Waals surface area (Å²) in [6.07, 6.45) is -1.04. The molecule has 0 aliphatic rings. The van der Waals surface area contributed by atoms with Crippen LogP contribution in [0.15, 0.2) is 39.4 Å². The molecule has 0 bridgehead atoms. The molecular weight excluding hydrogens is 397 g/mol. The Morgan fingerprint density at radius 2 is 2.00 bits per heavy atom. The molecule has 1 atom stereocenters. The normalized spacial score (nSPS) is 11.8. The van der Waals surface area contributed by atoms with E-state index in [4.69, 9.17) is 32.4 Å². The van der Waals surface area contributed by atoms with Gasteiger partial charge in [-0.25, -0.2) is 4.79 Å². The monoisotopic (exact) mass is 405 g/mol. The predicted molar refractivity (Wildman–Crippen MR) is 86.4 cm³/mol. The Balaban J connectivity index is 2.00. The van der Waals surface area contributed by atoms with Gasteiger partial charge in [-0.1, -0.05) is 23.2 Å². The van der Waals surface area contributed by atoms with Gasteiger partial charge in [0.05, 0.1) is 10.7 Å². The SMILES string of the molecule is C[C@@H](OC(=O)c1ccc(Br)o1)C(=O)Nc1cc(Cl)ccc1Cl. The van der Waals surface area contributed by atoms with Crippen LogP contribution in [0.2, 0.25) is 10.0 Å². The van der Waals surface area contributed by atoms with Crippen LogP contribution in [0.3, 0.4) is 0 Å². The van der Waals surface area contributed by atoms with Gasteiger partial charge in [0, 0.05) is 5.02 Å². The lowest BCUT2D eigenvalue weighted by Crippen LogP contribution is -2.30. The molecule has 8 heteroatoms. The third-order valence-corrected chi connectivity index (χ3v) is 3.60. The Bertz CT molecular complexity index is 717. The van der Waals surface area contributed by atoms with Crippen LogP contribution < -0.4 is 5.32 Å². The Hall–Kier alpha value is -1.50. The summed E-state index contributed by atoms with van der Waals surface area (Å²) >= 11 is 14.9. The highest BCUT2D eigenvalue weighted by Gasteiger charge is 2.21. The average molecular weight is 407 g/mol. The first-order valence-electron chi connectivity index (χ1n) is 6.09. The number of benzene rings is 1. The van der Waals surface area contributed by atoms with Crippen molar-refractivity contribution < 1.29 is 18.7 Å². The molecule has 2 rings (SSSR count). The van der Waals surface area contributed by atoms with Crippen molar-refractivity contribution >= 4 is 56.7 Å². The number of carbonyl (C=O) groups excluding carboxylic acids is 2. The first kappa shape index (κ1) is 16.9. The van der Waals surface area contributed by atoms with Crippen molar-refractivity contribution in [2.24, 2.45) is 0 Å². The van der Waals surface area contributed by atoms with Gasteiger partial charge in [-0.05, 0) is 53.2 Å². The van der Waals surface area contributed by atoms with Crippen LogP contribution in [0.5, 0.6) is 0 Å². The summed E-state index contributed by atoms with van der Waals surface area (Å²) in [6.45, 7) is 1.43. The topological polar surface area (TPSA) is 68.5 Å². The second-order valence-electron chi connectivity index (χ2n) is 4.26. The average Bonchev–Trinajstić information content (AvgIpc) is 2.89. The van der Waals surface area contributed by atoms with E-state index in [1.807, 2.05) is 0 Å². The lowest BCUT2D eigenvalue weighted by molar-refractivity contribution is -0.123. The van der Waals surface area contributed by atoms with E-state index < -0.39 is 18.0 Å². The molecule has 1 aromatic heterocycles. The highest BCUT2D eigenvalue weighted by molar-refractivity contribution is 9.10. The molecule has 0 radical (unpaired) electrons. The van der Waals surface area contributed by atoms with E-state index in [2.05, 4.69) is 21.2 Å². The highest BCUT2D eigenvalue weighted by atomic mass is 79.9. The molecule has 1 N–H and O–H groups in total. The maximum absolute atomic E-state index is 12.0. The largest absolute Gasteiger partial charge is 0.447 e. The number of furan rings is 1. The van der Waals surface area contributed by atoms with Crippen LogP contribution in [0.1, 0.15) is 17.5 Å². The zero-order chi connectivity index (χ0) is 16.3. The van der Waals surface area contributed by atoms with E-state index in [1.165, 1.54) is 19.1 Å². The molecule has 0 fully saturated rings. The molecule has 116 valence electrons. The van der Waals surface area contributed by atoms with Gasteiger partial charge >= 0.3 is 5.97 Å². The summed E-state index contributed by atoms with van der Waals surface area (Å²) in [7, 11) is 0. The molecule has 1 aromatic carbocycles. The molecular formula is C14H10BrCl2NO4. The number of ether oxygens (including phenoxy) is 1. The number of anilines is 1. The summed E-state index contributed by atoms with van der Waals surface area (Å²) in [5.41, 5.74) is 0.336. The van der Waals surface area contributed by atoms with E-state index in [0.29, 0.717) is 20.4 Å². The van der Waals surface area contributed by atoms with Crippen LogP contribution in [0.25, 0.3) is 0 Å². The van der Waals surface area contributed by atoms with Gasteiger partial charge < -0.3 is 14.5 Å². The predicted octanol–water partition coefficient (Wildman–Crippen LogP) is 4.53. The number of nitrogens with one attached hydrogen (secondary N) is 1. The smallest absolute Gasteiger partial charge is 0.375 e. The highest BCUT2D eigenvalue weighted by Crippen LogP contribution is 2.25. The third-order valence-electron chi connectivity index (χ3n) is 2.61. The second-order valence-corrected chi connectivity index (χ2v) is 5.89. The van der Waals surface area contributed by atoms with Gasteiger partial charge in [0.15, 0.2) is 10.8 Å².